The van der Waals surface area contributed by atoms with Crippen LogP contribution >= 0.6 is 0 Å². The molecule has 3 aromatic carbocycles. The maximum Gasteiger partial charge on any atom is 0.343 e. The SMILES string of the molecule is COc1ccc(C(=O)Oc2ccc(/C=N\NC(=O)COc3ccc(C)c(C)c3)cc2OC)cc1. The van der Waals surface area contributed by atoms with E-state index in [1.54, 1.807) is 49.6 Å². The highest BCUT2D eigenvalue weighted by Gasteiger charge is 2.13. The smallest absolute Gasteiger partial charge is 0.343 e. The summed E-state index contributed by atoms with van der Waals surface area (Å²) in [6.45, 7) is 3.82. The van der Waals surface area contributed by atoms with Gasteiger partial charge in [-0.2, -0.15) is 5.10 Å². The fourth-order valence-corrected chi connectivity index (χ4v) is 2.90. The van der Waals surface area contributed by atoms with E-state index < -0.39 is 11.9 Å². The number of esters is 1. The number of hydrogen-bond acceptors (Lipinski definition) is 7. The second kappa shape index (κ2) is 11.5. The van der Waals surface area contributed by atoms with E-state index in [4.69, 9.17) is 18.9 Å². The standard InChI is InChI=1S/C26H26N2O6/c1-17-5-9-22(13-18(17)2)33-16-25(29)28-27-15-19-6-12-23(24(14-19)32-4)34-26(30)20-7-10-21(31-3)11-8-20/h5-15H,16H2,1-4H3,(H,28,29)/b27-15-. The molecule has 0 saturated carbocycles. The number of aryl methyl sites for hydroxylation is 2. The lowest BCUT2D eigenvalue weighted by atomic mass is 10.1. The minimum Gasteiger partial charge on any atom is -0.497 e. The Morgan fingerprint density at radius 3 is 2.26 bits per heavy atom. The van der Waals surface area contributed by atoms with Crippen molar-refractivity contribution in [3.8, 4) is 23.0 Å². The molecule has 0 aliphatic carbocycles. The summed E-state index contributed by atoms with van der Waals surface area (Å²) in [5.41, 5.74) is 5.66. The zero-order valence-electron chi connectivity index (χ0n) is 19.5. The van der Waals surface area contributed by atoms with Crippen LogP contribution in [0.3, 0.4) is 0 Å². The number of carbonyl (C=O) groups excluding carboxylic acids is 2. The summed E-state index contributed by atoms with van der Waals surface area (Å²) < 4.78 is 21.3. The Balaban J connectivity index is 1.56. The van der Waals surface area contributed by atoms with E-state index in [0.717, 1.165) is 11.1 Å². The minimum atomic E-state index is -0.529. The van der Waals surface area contributed by atoms with Crippen molar-refractivity contribution < 1.29 is 28.5 Å². The molecule has 0 aromatic heterocycles. The van der Waals surface area contributed by atoms with Gasteiger partial charge in [0.05, 0.1) is 26.0 Å². The van der Waals surface area contributed by atoms with E-state index in [0.29, 0.717) is 28.4 Å². The van der Waals surface area contributed by atoms with Crippen LogP contribution in [0, 0.1) is 13.8 Å². The van der Waals surface area contributed by atoms with Crippen molar-refractivity contribution in [2.24, 2.45) is 5.10 Å². The van der Waals surface area contributed by atoms with Crippen LogP contribution in [0.2, 0.25) is 0 Å². The number of ether oxygens (including phenoxy) is 4. The first-order valence-electron chi connectivity index (χ1n) is 10.5. The normalized spacial score (nSPS) is 10.6. The lowest BCUT2D eigenvalue weighted by molar-refractivity contribution is -0.123. The summed E-state index contributed by atoms with van der Waals surface area (Å²) in [7, 11) is 3.02. The molecule has 0 spiro atoms. The Hall–Kier alpha value is -4.33. The largest absolute Gasteiger partial charge is 0.497 e. The van der Waals surface area contributed by atoms with Crippen LogP contribution in [-0.2, 0) is 4.79 Å². The van der Waals surface area contributed by atoms with Gasteiger partial charge in [0.2, 0.25) is 0 Å². The van der Waals surface area contributed by atoms with E-state index in [-0.39, 0.29) is 12.4 Å². The molecule has 176 valence electrons. The van der Waals surface area contributed by atoms with Crippen molar-refractivity contribution in [1.29, 1.82) is 0 Å². The molecular weight excluding hydrogens is 436 g/mol. The molecule has 0 fully saturated rings. The molecule has 3 rings (SSSR count). The third kappa shape index (κ3) is 6.59. The van der Waals surface area contributed by atoms with E-state index in [1.807, 2.05) is 32.0 Å². The van der Waals surface area contributed by atoms with Crippen molar-refractivity contribution in [3.63, 3.8) is 0 Å². The van der Waals surface area contributed by atoms with E-state index in [2.05, 4.69) is 10.5 Å². The molecule has 0 radical (unpaired) electrons. The molecule has 8 nitrogen and oxygen atoms in total. The Kier molecular flexibility index (Phi) is 8.23. The lowest BCUT2D eigenvalue weighted by Crippen LogP contribution is -2.24. The molecular formula is C26H26N2O6. The predicted molar refractivity (Wildman–Crippen MR) is 128 cm³/mol. The van der Waals surface area contributed by atoms with Crippen LogP contribution in [-0.4, -0.2) is 38.9 Å². The van der Waals surface area contributed by atoms with Gasteiger partial charge in [0.25, 0.3) is 5.91 Å². The monoisotopic (exact) mass is 462 g/mol. The molecule has 0 heterocycles. The van der Waals surface area contributed by atoms with Gasteiger partial charge < -0.3 is 18.9 Å². The fraction of sp³-hybridized carbons (Fsp3) is 0.192. The maximum atomic E-state index is 12.4. The van der Waals surface area contributed by atoms with Crippen molar-refractivity contribution in [2.75, 3.05) is 20.8 Å². The van der Waals surface area contributed by atoms with Gasteiger partial charge in [0.15, 0.2) is 18.1 Å². The third-order valence-electron chi connectivity index (χ3n) is 4.97. The molecule has 0 unspecified atom stereocenters. The molecule has 34 heavy (non-hydrogen) atoms. The van der Waals surface area contributed by atoms with Gasteiger partial charge in [0.1, 0.15) is 11.5 Å². The highest BCUT2D eigenvalue weighted by atomic mass is 16.6. The molecule has 0 saturated heterocycles. The number of rotatable bonds is 9. The fourth-order valence-electron chi connectivity index (χ4n) is 2.90. The van der Waals surface area contributed by atoms with Crippen LogP contribution in [0.25, 0.3) is 0 Å². The Bertz CT molecular complexity index is 1190. The Morgan fingerprint density at radius 1 is 0.853 bits per heavy atom. The number of methoxy groups -OCH3 is 2. The van der Waals surface area contributed by atoms with Crippen molar-refractivity contribution in [2.45, 2.75) is 13.8 Å². The first-order valence-corrected chi connectivity index (χ1v) is 10.5. The van der Waals surface area contributed by atoms with E-state index in [1.165, 1.54) is 13.3 Å². The van der Waals surface area contributed by atoms with Gasteiger partial charge in [-0.25, -0.2) is 10.2 Å². The number of amides is 1. The molecule has 1 amide bonds. The molecule has 0 atom stereocenters. The second-order valence-electron chi connectivity index (χ2n) is 7.36. The average Bonchev–Trinajstić information content (AvgIpc) is 2.85. The van der Waals surface area contributed by atoms with Crippen molar-refractivity contribution in [3.05, 3.63) is 82.9 Å². The average molecular weight is 463 g/mol. The topological polar surface area (TPSA) is 95.5 Å². The van der Waals surface area contributed by atoms with Crippen LogP contribution in [0.15, 0.2) is 65.8 Å². The predicted octanol–water partition coefficient (Wildman–Crippen LogP) is 4.07. The van der Waals surface area contributed by atoms with Gasteiger partial charge in [-0.3, -0.25) is 4.79 Å². The zero-order chi connectivity index (χ0) is 24.5. The second-order valence-corrected chi connectivity index (χ2v) is 7.36. The number of benzene rings is 3. The van der Waals surface area contributed by atoms with Crippen LogP contribution < -0.4 is 24.4 Å². The minimum absolute atomic E-state index is 0.163. The summed E-state index contributed by atoms with van der Waals surface area (Å²) >= 11 is 0. The Morgan fingerprint density at radius 2 is 1.59 bits per heavy atom. The van der Waals surface area contributed by atoms with Crippen molar-refractivity contribution in [1.82, 2.24) is 5.43 Å². The number of nitrogens with zero attached hydrogens (tertiary/aromatic N) is 1. The number of carbonyl (C=O) groups is 2. The van der Waals surface area contributed by atoms with Crippen LogP contribution in [0.4, 0.5) is 0 Å². The lowest BCUT2D eigenvalue weighted by Gasteiger charge is -2.10. The number of hydrogen-bond donors (Lipinski definition) is 1. The van der Waals surface area contributed by atoms with Crippen molar-refractivity contribution >= 4 is 18.1 Å². The highest BCUT2D eigenvalue weighted by molar-refractivity contribution is 5.92. The number of hydrazone groups is 1. The first-order chi connectivity index (χ1) is 16.4. The van der Waals surface area contributed by atoms with Crippen LogP contribution in [0.5, 0.6) is 23.0 Å². The van der Waals surface area contributed by atoms with Gasteiger partial charge in [0, 0.05) is 0 Å². The van der Waals surface area contributed by atoms with Gasteiger partial charge in [-0.15, -0.1) is 0 Å². The maximum absolute atomic E-state index is 12.4. The van der Waals surface area contributed by atoms with E-state index in [9.17, 15) is 9.59 Å². The quantitative estimate of drug-likeness (QED) is 0.223. The third-order valence-corrected chi connectivity index (χ3v) is 4.97. The summed E-state index contributed by atoms with van der Waals surface area (Å²) in [6.07, 6.45) is 1.45. The zero-order valence-corrected chi connectivity index (χ0v) is 19.5. The summed E-state index contributed by atoms with van der Waals surface area (Å²) in [4.78, 5) is 24.4. The highest BCUT2D eigenvalue weighted by Crippen LogP contribution is 2.28. The summed E-state index contributed by atoms with van der Waals surface area (Å²) in [6, 6.07) is 17.1. The molecule has 0 aliphatic heterocycles. The van der Waals surface area contributed by atoms with Crippen LogP contribution in [0.1, 0.15) is 27.0 Å². The molecule has 3 aromatic rings. The molecule has 8 heteroatoms. The first kappa shape index (κ1) is 24.3. The van der Waals surface area contributed by atoms with Gasteiger partial charge >= 0.3 is 5.97 Å². The molecule has 0 bridgehead atoms. The van der Waals surface area contributed by atoms with E-state index >= 15 is 0 Å². The van der Waals surface area contributed by atoms with Gasteiger partial charge in [-0.1, -0.05) is 6.07 Å². The molecule has 1 N–H and O–H groups in total. The Labute approximate surface area is 198 Å². The number of nitrogens with one attached hydrogen (secondary N) is 1. The summed E-state index contributed by atoms with van der Waals surface area (Å²) in [5, 5.41) is 3.94. The summed E-state index contributed by atoms with van der Waals surface area (Å²) in [5.74, 6) is 0.930. The van der Waals surface area contributed by atoms with Gasteiger partial charge in [-0.05, 0) is 85.1 Å². The molecule has 0 aliphatic rings.